The third-order valence-corrected chi connectivity index (χ3v) is 3.81. The Bertz CT molecular complexity index is 702. The molecule has 0 aliphatic carbocycles. The number of aromatic hydroxyl groups is 1. The first kappa shape index (κ1) is 12.8. The van der Waals surface area contributed by atoms with Crippen molar-refractivity contribution in [1.82, 2.24) is 0 Å². The molecule has 0 spiro atoms. The summed E-state index contributed by atoms with van der Waals surface area (Å²) in [6.07, 6.45) is 3.73. The average molecular weight is 284 g/mol. The van der Waals surface area contributed by atoms with Crippen LogP contribution >= 0.6 is 11.8 Å². The van der Waals surface area contributed by atoms with Gasteiger partial charge in [0, 0.05) is 11.0 Å². The lowest BCUT2D eigenvalue weighted by molar-refractivity contribution is 0.101. The van der Waals surface area contributed by atoms with Crippen LogP contribution in [0.25, 0.3) is 6.08 Å². The molecule has 0 saturated carbocycles. The minimum absolute atomic E-state index is 0.0853. The zero-order valence-electron chi connectivity index (χ0n) is 10.8. The maximum absolute atomic E-state index is 12.2. The average Bonchev–Trinajstić information content (AvgIpc) is 2.75. The summed E-state index contributed by atoms with van der Waals surface area (Å²) in [6, 6.07) is 12.4. The number of rotatable bonds is 2. The molecule has 1 N–H and O–H groups in total. The molecule has 1 heterocycles. The lowest BCUT2D eigenvalue weighted by atomic mass is 10.1. The normalized spacial score (nSPS) is 15.2. The number of benzene rings is 2. The van der Waals surface area contributed by atoms with Crippen LogP contribution in [0.15, 0.2) is 53.1 Å². The van der Waals surface area contributed by atoms with Gasteiger partial charge >= 0.3 is 0 Å². The minimum Gasteiger partial charge on any atom is -0.508 e. The lowest BCUT2D eigenvalue weighted by Gasteiger charge is -2.00. The van der Waals surface area contributed by atoms with Crippen molar-refractivity contribution in [2.24, 2.45) is 0 Å². The first-order valence-electron chi connectivity index (χ1n) is 6.09. The number of carbonyl (C=O) groups is 1. The Morgan fingerprint density at radius 2 is 1.90 bits per heavy atom. The molecule has 20 heavy (non-hydrogen) atoms. The van der Waals surface area contributed by atoms with Crippen molar-refractivity contribution >= 4 is 23.6 Å². The highest BCUT2D eigenvalue weighted by molar-refractivity contribution is 7.98. The van der Waals surface area contributed by atoms with Crippen molar-refractivity contribution in [3.63, 3.8) is 0 Å². The van der Waals surface area contributed by atoms with Gasteiger partial charge in [0.25, 0.3) is 0 Å². The number of Topliss-reactive ketones (excluding diaryl/α,β-unsaturated/α-hetero) is 1. The molecule has 0 unspecified atom stereocenters. The van der Waals surface area contributed by atoms with Gasteiger partial charge in [-0.25, -0.2) is 0 Å². The molecule has 0 aromatic heterocycles. The standard InChI is InChI=1S/C16H12O3S/c1-20-12-5-2-10(3-6-12)8-15-16(18)13-7-4-11(17)9-14(13)19-15/h2-9,17H,1H3/b15-8+. The van der Waals surface area contributed by atoms with Crippen molar-refractivity contribution in [3.05, 3.63) is 59.4 Å². The molecule has 0 radical (unpaired) electrons. The summed E-state index contributed by atoms with van der Waals surface area (Å²) in [7, 11) is 0. The molecule has 1 aliphatic rings. The predicted molar refractivity (Wildman–Crippen MR) is 79.3 cm³/mol. The molecule has 3 rings (SSSR count). The summed E-state index contributed by atoms with van der Waals surface area (Å²) >= 11 is 1.67. The van der Waals surface area contributed by atoms with Crippen molar-refractivity contribution in [2.45, 2.75) is 4.90 Å². The number of hydrogen-bond donors (Lipinski definition) is 1. The number of ether oxygens (including phenoxy) is 1. The second-order valence-electron chi connectivity index (χ2n) is 4.39. The van der Waals surface area contributed by atoms with Crippen molar-refractivity contribution in [1.29, 1.82) is 0 Å². The minimum atomic E-state index is -0.158. The number of thioether (sulfide) groups is 1. The van der Waals surface area contributed by atoms with Crippen LogP contribution in [-0.2, 0) is 0 Å². The maximum Gasteiger partial charge on any atom is 0.231 e. The van der Waals surface area contributed by atoms with E-state index in [0.717, 1.165) is 5.56 Å². The fourth-order valence-corrected chi connectivity index (χ4v) is 2.44. The van der Waals surface area contributed by atoms with Crippen LogP contribution in [0.5, 0.6) is 11.5 Å². The van der Waals surface area contributed by atoms with Crippen LogP contribution in [0, 0.1) is 0 Å². The number of phenols is 1. The van der Waals surface area contributed by atoms with E-state index in [2.05, 4.69) is 0 Å². The van der Waals surface area contributed by atoms with Gasteiger partial charge in [0.05, 0.1) is 5.56 Å². The molecule has 0 amide bonds. The van der Waals surface area contributed by atoms with E-state index in [4.69, 9.17) is 4.74 Å². The number of carbonyl (C=O) groups excluding carboxylic acids is 1. The molecule has 2 aromatic rings. The number of phenolic OH excluding ortho intramolecular Hbond substituents is 1. The number of hydrogen-bond acceptors (Lipinski definition) is 4. The van der Waals surface area contributed by atoms with E-state index >= 15 is 0 Å². The predicted octanol–water partition coefficient (Wildman–Crippen LogP) is 3.73. The van der Waals surface area contributed by atoms with Crippen LogP contribution < -0.4 is 4.74 Å². The van der Waals surface area contributed by atoms with Crippen LogP contribution in [0.4, 0.5) is 0 Å². The molecule has 0 saturated heterocycles. The van der Waals surface area contributed by atoms with E-state index in [-0.39, 0.29) is 17.3 Å². The Kier molecular flexibility index (Phi) is 3.24. The van der Waals surface area contributed by atoms with Crippen LogP contribution in [-0.4, -0.2) is 17.1 Å². The largest absolute Gasteiger partial charge is 0.508 e. The van der Waals surface area contributed by atoms with E-state index in [9.17, 15) is 9.90 Å². The first-order valence-corrected chi connectivity index (χ1v) is 7.31. The van der Waals surface area contributed by atoms with Crippen molar-refractivity contribution < 1.29 is 14.6 Å². The van der Waals surface area contributed by atoms with Gasteiger partial charge in [0.2, 0.25) is 5.78 Å². The molecule has 0 bridgehead atoms. The van der Waals surface area contributed by atoms with Gasteiger partial charge in [-0.05, 0) is 42.2 Å². The molecule has 4 heteroatoms. The van der Waals surface area contributed by atoms with E-state index < -0.39 is 0 Å². The summed E-state index contributed by atoms with van der Waals surface area (Å²) in [5.74, 6) is 0.612. The van der Waals surface area contributed by atoms with Gasteiger partial charge in [0.1, 0.15) is 11.5 Å². The molecular formula is C16H12O3S. The van der Waals surface area contributed by atoms with Crippen LogP contribution in [0.3, 0.4) is 0 Å². The molecule has 1 aliphatic heterocycles. The van der Waals surface area contributed by atoms with Crippen molar-refractivity contribution in [2.75, 3.05) is 6.26 Å². The highest BCUT2D eigenvalue weighted by atomic mass is 32.2. The summed E-state index contributed by atoms with van der Waals surface area (Å²) in [4.78, 5) is 13.3. The maximum atomic E-state index is 12.2. The zero-order chi connectivity index (χ0) is 14.1. The Hall–Kier alpha value is -2.20. The Labute approximate surface area is 120 Å². The smallest absolute Gasteiger partial charge is 0.231 e. The topological polar surface area (TPSA) is 46.5 Å². The highest BCUT2D eigenvalue weighted by Gasteiger charge is 2.27. The van der Waals surface area contributed by atoms with E-state index in [1.807, 2.05) is 30.5 Å². The lowest BCUT2D eigenvalue weighted by Crippen LogP contribution is -1.97. The summed E-state index contributed by atoms with van der Waals surface area (Å²) < 4.78 is 5.51. The summed E-state index contributed by atoms with van der Waals surface area (Å²) in [5.41, 5.74) is 1.39. The van der Waals surface area contributed by atoms with Crippen LogP contribution in [0.1, 0.15) is 15.9 Å². The monoisotopic (exact) mass is 284 g/mol. The first-order chi connectivity index (χ1) is 9.67. The molecule has 100 valence electrons. The molecule has 2 aromatic carbocycles. The van der Waals surface area contributed by atoms with Gasteiger partial charge in [-0.15, -0.1) is 11.8 Å². The van der Waals surface area contributed by atoms with Gasteiger partial charge < -0.3 is 9.84 Å². The Balaban J connectivity index is 1.92. The third kappa shape index (κ3) is 2.30. The van der Waals surface area contributed by atoms with Crippen LogP contribution in [0.2, 0.25) is 0 Å². The highest BCUT2D eigenvalue weighted by Crippen LogP contribution is 2.34. The van der Waals surface area contributed by atoms with Gasteiger partial charge in [0.15, 0.2) is 5.76 Å². The molecule has 0 fully saturated rings. The van der Waals surface area contributed by atoms with Gasteiger partial charge in [-0.1, -0.05) is 12.1 Å². The third-order valence-electron chi connectivity index (χ3n) is 3.07. The van der Waals surface area contributed by atoms with E-state index in [0.29, 0.717) is 11.3 Å². The summed E-state index contributed by atoms with van der Waals surface area (Å²) in [5, 5.41) is 9.40. The SMILES string of the molecule is CSc1ccc(/C=C2/Oc3cc(O)ccc3C2=O)cc1. The fraction of sp³-hybridized carbons (Fsp3) is 0.0625. The van der Waals surface area contributed by atoms with Gasteiger partial charge in [-0.3, -0.25) is 4.79 Å². The second-order valence-corrected chi connectivity index (χ2v) is 5.27. The molecule has 0 atom stereocenters. The second kappa shape index (κ2) is 5.06. The number of ketones is 1. The quantitative estimate of drug-likeness (QED) is 0.674. The van der Waals surface area contributed by atoms with E-state index in [1.54, 1.807) is 23.9 Å². The molecule has 3 nitrogen and oxygen atoms in total. The van der Waals surface area contributed by atoms with E-state index in [1.165, 1.54) is 17.0 Å². The van der Waals surface area contributed by atoms with Gasteiger partial charge in [-0.2, -0.15) is 0 Å². The fourth-order valence-electron chi connectivity index (χ4n) is 2.03. The summed E-state index contributed by atoms with van der Waals surface area (Å²) in [6.45, 7) is 0. The Morgan fingerprint density at radius 1 is 1.15 bits per heavy atom. The Morgan fingerprint density at radius 3 is 2.60 bits per heavy atom. The molecular weight excluding hydrogens is 272 g/mol. The zero-order valence-corrected chi connectivity index (χ0v) is 11.6. The van der Waals surface area contributed by atoms with Crippen molar-refractivity contribution in [3.8, 4) is 11.5 Å². The number of fused-ring (bicyclic) bond motifs is 1. The number of allylic oxidation sites excluding steroid dienone is 1.